The fourth-order valence-electron chi connectivity index (χ4n) is 10.4. The van der Waals surface area contributed by atoms with Gasteiger partial charge in [-0.2, -0.15) is 83.1 Å². The Kier molecular flexibility index (Phi) is 61.4. The Morgan fingerprint density at radius 2 is 0.705 bits per heavy atom. The molecule has 2 fully saturated rings. The molecule has 8 aromatic carbocycles. The molecule has 2 aliphatic heterocycles. The fraction of sp³-hybridized carbons (Fsp3) is 0.333. The highest BCUT2D eigenvalue weighted by molar-refractivity contribution is 9.28. The second kappa shape index (κ2) is 66.6. The molecule has 2 saturated heterocycles. The molecule has 146 heavy (non-hydrogen) atoms. The van der Waals surface area contributed by atoms with E-state index in [0.717, 1.165) is 96.7 Å². The van der Waals surface area contributed by atoms with Gasteiger partial charge in [-0.3, -0.25) is 74.5 Å². The van der Waals surface area contributed by atoms with Gasteiger partial charge in [0.05, 0.1) is 75.1 Å². The summed E-state index contributed by atoms with van der Waals surface area (Å²) in [6, 6.07) is 47.6. The first kappa shape index (κ1) is 135. The summed E-state index contributed by atoms with van der Waals surface area (Å²) in [6.45, 7) is 15.8. The maximum atomic E-state index is 12.6. The Hall–Kier alpha value is -13.4. The number of nitrogens with two attached hydrogens (primary N) is 2. The first-order valence-corrected chi connectivity index (χ1v) is 45.5. The van der Waals surface area contributed by atoms with Crippen LogP contribution in [0.5, 0.6) is 0 Å². The molecule has 2 aliphatic rings. The molecule has 0 radical (unpaired) electrons. The number of halogens is 21. The van der Waals surface area contributed by atoms with Crippen molar-refractivity contribution in [2.45, 2.75) is 150 Å². The van der Waals surface area contributed by atoms with Crippen LogP contribution in [-0.4, -0.2) is 139 Å². The van der Waals surface area contributed by atoms with E-state index in [1.54, 1.807) is 127 Å². The predicted octanol–water partition coefficient (Wildman–Crippen LogP) is 26.7. The van der Waals surface area contributed by atoms with Crippen molar-refractivity contribution in [2.24, 2.45) is 17.8 Å². The maximum Gasteiger partial charge on any atom is 0.470 e. The number of carbonyl (C=O) groups excluding carboxylic acids is 6. The number of nitro benzene ring substituents is 5. The molecule has 0 spiro atoms. The number of hydrogen-bond donors (Lipinski definition) is 4. The molecule has 8 aromatic rings. The van der Waals surface area contributed by atoms with Crippen molar-refractivity contribution < 1.29 is 159 Å². The Bertz CT molecular complexity index is 5730. The highest BCUT2D eigenvalue weighted by Gasteiger charge is 2.55. The number of nitrogens with zero attached hydrogens (tertiary/aromatic N) is 5. The van der Waals surface area contributed by atoms with Gasteiger partial charge >= 0.3 is 64.3 Å². The largest absolute Gasteiger partial charge is 0.470 e. The fourth-order valence-corrected chi connectivity index (χ4v) is 11.4. The molecule has 3 atom stereocenters. The Morgan fingerprint density at radius 1 is 0.411 bits per heavy atom. The average Bonchev–Trinajstić information content (AvgIpc) is 0.913. The van der Waals surface area contributed by atoms with Gasteiger partial charge in [0.25, 0.3) is 28.4 Å². The van der Waals surface area contributed by atoms with Crippen LogP contribution in [0.3, 0.4) is 0 Å². The van der Waals surface area contributed by atoms with Crippen molar-refractivity contribution in [3.05, 3.63) is 302 Å². The van der Waals surface area contributed by atoms with Gasteiger partial charge in [-0.25, -0.2) is 4.79 Å². The molecule has 10 rings (SSSR count). The molecular formula is C93H100Br3F18N9O22S. The lowest BCUT2D eigenvalue weighted by molar-refractivity contribution is -0.385. The highest BCUT2D eigenvalue weighted by Crippen LogP contribution is 2.38. The molecule has 0 aromatic heterocycles. The number of para-hydroxylation sites is 8. The van der Waals surface area contributed by atoms with Gasteiger partial charge in [-0.1, -0.05) is 156 Å². The summed E-state index contributed by atoms with van der Waals surface area (Å²) in [5, 5.41) is 52.4. The molecule has 0 saturated carbocycles. The smallest absolute Gasteiger partial charge is 0.464 e. The van der Waals surface area contributed by atoms with Crippen LogP contribution in [0.4, 0.5) is 130 Å². The standard InChI is InChI=1S/C12H13F3N2O3.C12H14F3NO.C10H8F3NO2.C10H12F3N.C10H10F3N.C9H8BrNO2.C8H5Br2NO2.C7H5NO3.C4H6O3.2C4H8O.C3H3F3O4S/c1-7(12(13,14)15)6-9-4-3-5-10(17(19)20)11(9)16-8(2)18;1-8(12(13,14)15)7-10-5-3-4-6-11(10)16-9(2)17;1-7(10(11,12)13)6-8-4-2-3-5-9(8)14(15)16;2*1-7(10(11,12)13)6-8-4-2-3-5-9(8)14;1-7(10)6-8-4-2-3-5-9(8)11(12)13;9-8(10)5-6-3-1-2-4-7(6)11(12)13;9-5-6-3-1-2-4-7(6)8(10)11;1-3(5)7-4(2)6;2*1-2-4-5-3-1;1-10-2(7)3(4,5)11(6,8)9/h3-5,7H,6H2,1-2H3,(H,16,18);3-6,8H,7H2,1-2H3,(H,16,17);2-6H,1H3;2-5,7H,6,14H2,1H3;2-6H,14H2,1H3;2-6H,1H3;1-5H;1-5H;1-2H3;2*1-4H2;1H3/b;;7-6+;;7-6+;;;;;;;. The van der Waals surface area contributed by atoms with Gasteiger partial charge in [0, 0.05) is 113 Å². The molecule has 31 nitrogen and oxygen atoms in total. The summed E-state index contributed by atoms with van der Waals surface area (Å²) in [7, 11) is -5.71. The van der Waals surface area contributed by atoms with Crippen molar-refractivity contribution in [3.63, 3.8) is 0 Å². The zero-order valence-corrected chi connectivity index (χ0v) is 84.6. The number of amides is 2. The number of hydrogen-bond acceptors (Lipinski definition) is 24. The molecule has 0 bridgehead atoms. The summed E-state index contributed by atoms with van der Waals surface area (Å²) >= 11 is 9.53. The number of allylic oxidation sites excluding steroid dienone is 3. The molecular weight excluding hydrogens is 2210 g/mol. The average molecular weight is 2310 g/mol. The SMILES string of the molecule is C/C(=C\c1ccccc1N)C(F)(F)F.C/C(=C\c1ccccc1[N+](=O)[O-])C(F)(F)F.C1CCOC1.C1CCOC1.CC(=O)Nc1c(CC(C)C(F)(F)F)cccc1[N+](=O)[O-].CC(=O)Nc1ccccc1CC(C)C(F)(F)F.CC(=O)OC(C)=O.CC(Br)=Cc1ccccc1[N+](=O)[O-].CC(Cc1ccccc1N)C(F)(F)F.COC(=O)C(F)(F)S(=O)(=O)F.O=Cc1ccccc1[N+](=O)[O-].O=[N+]([O-])c1ccccc1C=C(Br)Br. The van der Waals surface area contributed by atoms with Gasteiger partial charge < -0.3 is 41.0 Å². The van der Waals surface area contributed by atoms with Crippen molar-refractivity contribution in [1.82, 2.24) is 0 Å². The molecule has 0 aliphatic carbocycles. The van der Waals surface area contributed by atoms with E-state index in [0.29, 0.717) is 61.7 Å². The third-order valence-corrected chi connectivity index (χ3v) is 19.3. The number of methoxy groups -OCH3 is 1. The first-order valence-electron chi connectivity index (χ1n) is 41.7. The van der Waals surface area contributed by atoms with Crippen LogP contribution in [0.25, 0.3) is 24.3 Å². The monoisotopic (exact) mass is 2310 g/mol. The van der Waals surface area contributed by atoms with E-state index in [4.69, 9.17) is 20.9 Å². The van der Waals surface area contributed by atoms with Crippen molar-refractivity contribution >= 4 is 170 Å². The zero-order valence-electron chi connectivity index (χ0n) is 79.0. The van der Waals surface area contributed by atoms with Gasteiger partial charge in [0.2, 0.25) is 11.8 Å². The number of esters is 3. The number of nitrogens with one attached hydrogen (secondary N) is 2. The molecule has 2 heterocycles. The van der Waals surface area contributed by atoms with Crippen LogP contribution in [0, 0.1) is 68.3 Å². The summed E-state index contributed by atoms with van der Waals surface area (Å²) in [4.78, 5) is 112. The van der Waals surface area contributed by atoms with Crippen molar-refractivity contribution in [3.8, 4) is 0 Å². The van der Waals surface area contributed by atoms with E-state index in [2.05, 4.69) is 67.9 Å². The van der Waals surface area contributed by atoms with Crippen LogP contribution in [-0.2, 0) is 72.4 Å². The number of alkyl halides is 17. The van der Waals surface area contributed by atoms with Crippen LogP contribution in [0.2, 0.25) is 0 Å². The molecule has 2 amide bonds. The van der Waals surface area contributed by atoms with E-state index < -0.39 is 131 Å². The van der Waals surface area contributed by atoms with Crippen LogP contribution < -0.4 is 22.1 Å². The maximum absolute atomic E-state index is 12.6. The second-order valence-corrected chi connectivity index (χ2v) is 35.1. The summed E-state index contributed by atoms with van der Waals surface area (Å²) in [6.07, 6.45) is -11.4. The Balaban J connectivity index is 0. The number of nitrogen functional groups attached to an aromatic ring is 2. The molecule has 53 heteroatoms. The summed E-state index contributed by atoms with van der Waals surface area (Å²) < 4.78 is 258. The normalized spacial score (nSPS) is 12.8. The number of anilines is 4. The van der Waals surface area contributed by atoms with Crippen LogP contribution in [0.15, 0.2) is 207 Å². The second-order valence-electron chi connectivity index (χ2n) is 29.7. The number of rotatable bonds is 20. The number of benzene rings is 8. The van der Waals surface area contributed by atoms with Gasteiger partial charge in [-0.05, 0) is 191 Å². The predicted molar refractivity (Wildman–Crippen MR) is 522 cm³/mol. The quantitative estimate of drug-likeness (QED) is 0.00804. The number of ether oxygens (including phenoxy) is 4. The third kappa shape index (κ3) is 56.7. The topological polar surface area (TPSA) is 465 Å². The summed E-state index contributed by atoms with van der Waals surface area (Å²) in [5.74, 6) is -8.90. The van der Waals surface area contributed by atoms with Crippen LogP contribution in [0.1, 0.15) is 144 Å². The number of carbonyl (C=O) groups is 6. The zero-order chi connectivity index (χ0) is 113. The van der Waals surface area contributed by atoms with Crippen molar-refractivity contribution in [1.29, 1.82) is 0 Å². The first-order chi connectivity index (χ1) is 67.4. The summed E-state index contributed by atoms with van der Waals surface area (Å²) in [5.41, 5.74) is 12.6. The van der Waals surface area contributed by atoms with Gasteiger partial charge in [-0.15, -0.1) is 0 Å². The van der Waals surface area contributed by atoms with Crippen molar-refractivity contribution in [2.75, 3.05) is 55.6 Å². The molecule has 802 valence electrons. The number of aldehydes is 1. The van der Waals surface area contributed by atoms with Crippen LogP contribution >= 0.6 is 47.8 Å². The van der Waals surface area contributed by atoms with Gasteiger partial charge in [0.1, 0.15) is 5.69 Å². The lowest BCUT2D eigenvalue weighted by atomic mass is 9.98. The Labute approximate surface area is 850 Å². The Morgan fingerprint density at radius 3 is 0.993 bits per heavy atom. The number of nitro groups is 5. The lowest BCUT2D eigenvalue weighted by Gasteiger charge is -2.17. The van der Waals surface area contributed by atoms with E-state index in [1.165, 1.54) is 107 Å². The van der Waals surface area contributed by atoms with Gasteiger partial charge in [0.15, 0.2) is 6.29 Å². The lowest BCUT2D eigenvalue weighted by Crippen LogP contribution is -2.36. The third-order valence-electron chi connectivity index (χ3n) is 17.8. The van der Waals surface area contributed by atoms with E-state index in [1.807, 2.05) is 6.92 Å². The minimum Gasteiger partial charge on any atom is -0.464 e. The van der Waals surface area contributed by atoms with E-state index >= 15 is 0 Å². The minimum atomic E-state index is -6.22. The molecule has 6 N–H and O–H groups in total. The van der Waals surface area contributed by atoms with E-state index in [-0.39, 0.29) is 68.8 Å². The molecule has 3 unspecified atom stereocenters. The minimum absolute atomic E-state index is 0.0534. The highest BCUT2D eigenvalue weighted by atomic mass is 79.9. The van der Waals surface area contributed by atoms with E-state index in [9.17, 15) is 166 Å².